The van der Waals surface area contributed by atoms with Gasteiger partial charge in [0.2, 0.25) is 0 Å². The summed E-state index contributed by atoms with van der Waals surface area (Å²) in [5.74, 6) is -0.786. The van der Waals surface area contributed by atoms with E-state index in [4.69, 9.17) is 10.2 Å². The van der Waals surface area contributed by atoms with E-state index in [1.807, 2.05) is 18.2 Å². The van der Waals surface area contributed by atoms with Crippen molar-refractivity contribution in [2.45, 2.75) is 39.0 Å². The van der Waals surface area contributed by atoms with Crippen LogP contribution in [0.4, 0.5) is 0 Å². The van der Waals surface area contributed by atoms with Crippen LogP contribution in [0.3, 0.4) is 0 Å². The van der Waals surface area contributed by atoms with Gasteiger partial charge in [-0.25, -0.2) is 0 Å². The summed E-state index contributed by atoms with van der Waals surface area (Å²) in [7, 11) is 0. The molecule has 0 radical (unpaired) electrons. The predicted octanol–water partition coefficient (Wildman–Crippen LogP) is 2.87. The molecule has 17 heavy (non-hydrogen) atoms. The molecule has 0 atom stereocenters. The molecule has 3 heteroatoms. The third-order valence-corrected chi connectivity index (χ3v) is 2.21. The summed E-state index contributed by atoms with van der Waals surface area (Å²) in [5.41, 5.74) is 0.843. The fourth-order valence-electron chi connectivity index (χ4n) is 1.31. The lowest BCUT2D eigenvalue weighted by Gasteiger charge is -1.92. The maximum absolute atomic E-state index is 10.2. The van der Waals surface area contributed by atoms with Gasteiger partial charge in [-0.1, -0.05) is 56.5 Å². The SMILES string of the molecule is CCCCCCO.O=C(O)Cc1ccccc1. The molecule has 0 bridgehead atoms. The Balaban J connectivity index is 0.000000325. The Hall–Kier alpha value is -1.35. The third-order valence-electron chi connectivity index (χ3n) is 2.21. The van der Waals surface area contributed by atoms with Crippen LogP contribution >= 0.6 is 0 Å². The molecular formula is C14H22O3. The highest BCUT2D eigenvalue weighted by Gasteiger charge is 1.96. The molecule has 3 nitrogen and oxygen atoms in total. The van der Waals surface area contributed by atoms with E-state index in [1.165, 1.54) is 19.3 Å². The Morgan fingerprint density at radius 2 is 1.76 bits per heavy atom. The van der Waals surface area contributed by atoms with Gasteiger partial charge in [-0.3, -0.25) is 4.79 Å². The normalized spacial score (nSPS) is 9.29. The van der Waals surface area contributed by atoms with E-state index >= 15 is 0 Å². The molecule has 0 amide bonds. The largest absolute Gasteiger partial charge is 0.481 e. The van der Waals surface area contributed by atoms with Gasteiger partial charge in [0.15, 0.2) is 0 Å². The minimum Gasteiger partial charge on any atom is -0.481 e. The standard InChI is InChI=1S/C8H8O2.C6H14O/c9-8(10)6-7-4-2-1-3-5-7;1-2-3-4-5-6-7/h1-5H,6H2,(H,9,10);7H,2-6H2,1H3. The number of hydrogen-bond acceptors (Lipinski definition) is 2. The van der Waals surface area contributed by atoms with Crippen LogP contribution in [-0.2, 0) is 11.2 Å². The van der Waals surface area contributed by atoms with E-state index in [0.717, 1.165) is 12.0 Å². The Bertz CT molecular complexity index is 279. The van der Waals surface area contributed by atoms with Gasteiger partial charge in [0.05, 0.1) is 6.42 Å². The van der Waals surface area contributed by atoms with Crippen molar-refractivity contribution in [2.75, 3.05) is 6.61 Å². The average molecular weight is 238 g/mol. The van der Waals surface area contributed by atoms with Gasteiger partial charge < -0.3 is 10.2 Å². The van der Waals surface area contributed by atoms with E-state index < -0.39 is 5.97 Å². The second-order valence-corrected chi connectivity index (χ2v) is 3.84. The molecule has 0 unspecified atom stereocenters. The molecule has 1 aromatic rings. The van der Waals surface area contributed by atoms with Crippen LogP contribution in [0.2, 0.25) is 0 Å². The number of aliphatic hydroxyl groups is 1. The number of carboxylic acids is 1. The topological polar surface area (TPSA) is 57.5 Å². The Morgan fingerprint density at radius 3 is 2.24 bits per heavy atom. The maximum Gasteiger partial charge on any atom is 0.307 e. The zero-order chi connectivity index (χ0) is 12.9. The van der Waals surface area contributed by atoms with Gasteiger partial charge >= 0.3 is 5.97 Å². The molecule has 0 aromatic heterocycles. The fraction of sp³-hybridized carbons (Fsp3) is 0.500. The highest BCUT2D eigenvalue weighted by molar-refractivity contribution is 5.70. The first-order chi connectivity index (χ1) is 8.20. The van der Waals surface area contributed by atoms with Crippen molar-refractivity contribution >= 4 is 5.97 Å². The van der Waals surface area contributed by atoms with Gasteiger partial charge in [-0.05, 0) is 12.0 Å². The van der Waals surface area contributed by atoms with Crippen molar-refractivity contribution in [3.05, 3.63) is 35.9 Å². The number of aliphatic carboxylic acids is 1. The third kappa shape index (κ3) is 10.9. The number of carbonyl (C=O) groups is 1. The predicted molar refractivity (Wildman–Crippen MR) is 69.0 cm³/mol. The molecule has 96 valence electrons. The molecule has 0 spiro atoms. The summed E-state index contributed by atoms with van der Waals surface area (Å²) in [5, 5.41) is 16.7. The lowest BCUT2D eigenvalue weighted by molar-refractivity contribution is -0.136. The first kappa shape index (κ1) is 15.7. The Kier molecular flexibility index (Phi) is 10.3. The summed E-state index contributed by atoms with van der Waals surface area (Å²) < 4.78 is 0. The number of benzene rings is 1. The van der Waals surface area contributed by atoms with Crippen molar-refractivity contribution < 1.29 is 15.0 Å². The van der Waals surface area contributed by atoms with E-state index in [9.17, 15) is 4.79 Å². The second kappa shape index (κ2) is 11.1. The zero-order valence-electron chi connectivity index (χ0n) is 10.4. The molecule has 1 rings (SSSR count). The maximum atomic E-state index is 10.2. The van der Waals surface area contributed by atoms with Crippen molar-refractivity contribution in [3.8, 4) is 0 Å². The quantitative estimate of drug-likeness (QED) is 0.749. The molecule has 0 saturated heterocycles. The summed E-state index contributed by atoms with van der Waals surface area (Å²) >= 11 is 0. The summed E-state index contributed by atoms with van der Waals surface area (Å²) in [4.78, 5) is 10.2. The van der Waals surface area contributed by atoms with E-state index in [-0.39, 0.29) is 6.42 Å². The van der Waals surface area contributed by atoms with Gasteiger partial charge in [-0.2, -0.15) is 0 Å². The average Bonchev–Trinajstić information content (AvgIpc) is 2.31. The van der Waals surface area contributed by atoms with Gasteiger partial charge in [-0.15, -0.1) is 0 Å². The fourth-order valence-corrected chi connectivity index (χ4v) is 1.31. The Labute approximate surface area is 103 Å². The van der Waals surface area contributed by atoms with Crippen molar-refractivity contribution in [1.82, 2.24) is 0 Å². The summed E-state index contributed by atoms with van der Waals surface area (Å²) in [6.07, 6.45) is 4.79. The monoisotopic (exact) mass is 238 g/mol. The minimum atomic E-state index is -0.786. The first-order valence-corrected chi connectivity index (χ1v) is 6.07. The molecule has 0 saturated carbocycles. The van der Waals surface area contributed by atoms with E-state index in [0.29, 0.717) is 6.61 Å². The van der Waals surface area contributed by atoms with Gasteiger partial charge in [0.25, 0.3) is 0 Å². The molecular weight excluding hydrogens is 216 g/mol. The zero-order valence-corrected chi connectivity index (χ0v) is 10.4. The van der Waals surface area contributed by atoms with Crippen LogP contribution in [0.25, 0.3) is 0 Å². The van der Waals surface area contributed by atoms with Crippen molar-refractivity contribution in [3.63, 3.8) is 0 Å². The van der Waals surface area contributed by atoms with Crippen LogP contribution in [-0.4, -0.2) is 22.8 Å². The molecule has 1 aromatic carbocycles. The number of carboxylic acid groups (broad SMARTS) is 1. The van der Waals surface area contributed by atoms with Crippen molar-refractivity contribution in [2.24, 2.45) is 0 Å². The number of hydrogen-bond donors (Lipinski definition) is 2. The number of aliphatic hydroxyl groups excluding tert-OH is 1. The highest BCUT2D eigenvalue weighted by atomic mass is 16.4. The van der Waals surface area contributed by atoms with Gasteiger partial charge in [0.1, 0.15) is 0 Å². The number of rotatable bonds is 6. The lowest BCUT2D eigenvalue weighted by Crippen LogP contribution is -1.98. The smallest absolute Gasteiger partial charge is 0.307 e. The molecule has 0 heterocycles. The second-order valence-electron chi connectivity index (χ2n) is 3.84. The minimum absolute atomic E-state index is 0.112. The van der Waals surface area contributed by atoms with E-state index in [1.54, 1.807) is 12.1 Å². The molecule has 0 aliphatic rings. The molecule has 0 fully saturated rings. The highest BCUT2D eigenvalue weighted by Crippen LogP contribution is 1.98. The lowest BCUT2D eigenvalue weighted by atomic mass is 10.2. The molecule has 2 N–H and O–H groups in total. The first-order valence-electron chi connectivity index (χ1n) is 6.07. The van der Waals surface area contributed by atoms with Crippen LogP contribution in [0.1, 0.15) is 38.2 Å². The molecule has 0 aliphatic carbocycles. The van der Waals surface area contributed by atoms with Crippen LogP contribution in [0.15, 0.2) is 30.3 Å². The van der Waals surface area contributed by atoms with Gasteiger partial charge in [0, 0.05) is 6.61 Å². The number of unbranched alkanes of at least 4 members (excludes halogenated alkanes) is 3. The van der Waals surface area contributed by atoms with E-state index in [2.05, 4.69) is 6.92 Å². The van der Waals surface area contributed by atoms with Crippen LogP contribution in [0, 0.1) is 0 Å². The molecule has 0 aliphatic heterocycles. The van der Waals surface area contributed by atoms with Crippen LogP contribution < -0.4 is 0 Å². The van der Waals surface area contributed by atoms with Crippen LogP contribution in [0.5, 0.6) is 0 Å². The van der Waals surface area contributed by atoms with Crippen molar-refractivity contribution in [1.29, 1.82) is 0 Å². The summed E-state index contributed by atoms with van der Waals surface area (Å²) in [6.45, 7) is 2.53. The summed E-state index contributed by atoms with van der Waals surface area (Å²) in [6, 6.07) is 9.13. The Morgan fingerprint density at radius 1 is 1.12 bits per heavy atom.